The van der Waals surface area contributed by atoms with E-state index in [1.54, 1.807) is 0 Å². The summed E-state index contributed by atoms with van der Waals surface area (Å²) in [7, 11) is 1.43. The number of aliphatic hydroxyl groups excluding tert-OH is 1. The number of nitro groups is 1. The largest absolute Gasteiger partial charge is 0.507 e. The molecule has 8 nitrogen and oxygen atoms in total. The van der Waals surface area contributed by atoms with Gasteiger partial charge in [-0.05, 0) is 48.0 Å². The molecule has 1 atom stereocenters. The number of ether oxygens (including phenoxy) is 1. The Kier molecular flexibility index (Phi) is 6.23. The van der Waals surface area contributed by atoms with E-state index < -0.39 is 40.2 Å². The van der Waals surface area contributed by atoms with Gasteiger partial charge in [0.05, 0.1) is 29.2 Å². The second-order valence-corrected chi connectivity index (χ2v) is 7.79. The highest BCUT2D eigenvalue weighted by molar-refractivity contribution is 6.51. The van der Waals surface area contributed by atoms with Gasteiger partial charge in [0.15, 0.2) is 0 Å². The number of Topliss-reactive ketones (excluding diaryl/α,β-unsaturated/α-hetero) is 1. The third-order valence-corrected chi connectivity index (χ3v) is 5.68. The van der Waals surface area contributed by atoms with Crippen molar-refractivity contribution in [1.29, 1.82) is 0 Å². The lowest BCUT2D eigenvalue weighted by molar-refractivity contribution is -0.384. The van der Waals surface area contributed by atoms with Gasteiger partial charge < -0.3 is 9.84 Å². The molecule has 0 spiro atoms. The van der Waals surface area contributed by atoms with Crippen molar-refractivity contribution in [3.8, 4) is 5.75 Å². The molecule has 0 radical (unpaired) electrons. The monoisotopic (exact) mass is 498 g/mol. The van der Waals surface area contributed by atoms with Crippen LogP contribution in [-0.2, 0) is 15.8 Å². The number of non-ortho nitro benzene ring substituents is 1. The Hall–Kier alpha value is -4.67. The number of ketones is 1. The first kappa shape index (κ1) is 24.5. The smallest absolute Gasteiger partial charge is 0.416 e. The summed E-state index contributed by atoms with van der Waals surface area (Å²) in [5, 5.41) is 22.0. The summed E-state index contributed by atoms with van der Waals surface area (Å²) in [6.45, 7) is 0. The molecular formula is C25H17F3N2O6. The fourth-order valence-electron chi connectivity index (χ4n) is 3.93. The molecule has 4 rings (SSSR count). The number of benzene rings is 3. The molecule has 0 aliphatic carbocycles. The number of hydrogen-bond acceptors (Lipinski definition) is 6. The normalized spacial score (nSPS) is 17.3. The maximum absolute atomic E-state index is 13.4. The van der Waals surface area contributed by atoms with E-state index in [-0.39, 0.29) is 22.5 Å². The quantitative estimate of drug-likeness (QED) is 0.169. The number of methoxy groups -OCH3 is 1. The van der Waals surface area contributed by atoms with E-state index in [4.69, 9.17) is 4.74 Å². The number of hydrogen-bond donors (Lipinski definition) is 1. The third kappa shape index (κ3) is 4.38. The van der Waals surface area contributed by atoms with Gasteiger partial charge >= 0.3 is 6.18 Å². The molecule has 1 amide bonds. The van der Waals surface area contributed by atoms with Crippen LogP contribution < -0.4 is 9.64 Å². The van der Waals surface area contributed by atoms with E-state index in [9.17, 15) is 38.0 Å². The van der Waals surface area contributed by atoms with Crippen LogP contribution in [0.25, 0.3) is 5.76 Å². The molecule has 1 N–H and O–H groups in total. The Morgan fingerprint density at radius 3 is 2.22 bits per heavy atom. The third-order valence-electron chi connectivity index (χ3n) is 5.68. The first-order valence-corrected chi connectivity index (χ1v) is 10.4. The summed E-state index contributed by atoms with van der Waals surface area (Å²) >= 11 is 0. The number of alkyl halides is 3. The van der Waals surface area contributed by atoms with Gasteiger partial charge in [-0.3, -0.25) is 24.6 Å². The van der Waals surface area contributed by atoms with Crippen LogP contribution in [0.1, 0.15) is 22.7 Å². The molecule has 1 aliphatic heterocycles. The van der Waals surface area contributed by atoms with E-state index in [2.05, 4.69) is 0 Å². The minimum absolute atomic E-state index is 0.0150. The summed E-state index contributed by atoms with van der Waals surface area (Å²) in [6.07, 6.45) is -4.70. The predicted octanol–water partition coefficient (Wildman–Crippen LogP) is 5.25. The fraction of sp³-hybridized carbons (Fsp3) is 0.120. The number of rotatable bonds is 5. The highest BCUT2D eigenvalue weighted by Gasteiger charge is 2.47. The van der Waals surface area contributed by atoms with Gasteiger partial charge in [0.1, 0.15) is 11.5 Å². The Balaban J connectivity index is 1.92. The molecule has 3 aromatic rings. The number of amides is 1. The van der Waals surface area contributed by atoms with Crippen molar-refractivity contribution in [3.63, 3.8) is 0 Å². The van der Waals surface area contributed by atoms with E-state index in [0.717, 1.165) is 35.2 Å². The van der Waals surface area contributed by atoms with Crippen LogP contribution in [0.15, 0.2) is 78.4 Å². The summed E-state index contributed by atoms with van der Waals surface area (Å²) in [5.74, 6) is -2.44. The number of anilines is 1. The predicted molar refractivity (Wildman–Crippen MR) is 122 cm³/mol. The molecular weight excluding hydrogens is 481 g/mol. The minimum atomic E-state index is -4.70. The topological polar surface area (TPSA) is 110 Å². The lowest BCUT2D eigenvalue weighted by Crippen LogP contribution is -2.29. The molecule has 1 fully saturated rings. The zero-order chi connectivity index (χ0) is 26.2. The maximum Gasteiger partial charge on any atom is 0.416 e. The van der Waals surface area contributed by atoms with Crippen molar-refractivity contribution in [2.24, 2.45) is 0 Å². The Labute approximate surface area is 202 Å². The van der Waals surface area contributed by atoms with E-state index in [1.165, 1.54) is 49.6 Å². The van der Waals surface area contributed by atoms with Gasteiger partial charge in [0.2, 0.25) is 0 Å². The number of carbonyl (C=O) groups excluding carboxylic acids is 2. The lowest BCUT2D eigenvalue weighted by Gasteiger charge is -2.26. The van der Waals surface area contributed by atoms with Crippen LogP contribution in [0.5, 0.6) is 5.75 Å². The fourth-order valence-corrected chi connectivity index (χ4v) is 3.93. The van der Waals surface area contributed by atoms with E-state index >= 15 is 0 Å². The van der Waals surface area contributed by atoms with Gasteiger partial charge in [-0.25, -0.2) is 0 Å². The average molecular weight is 498 g/mol. The van der Waals surface area contributed by atoms with E-state index in [1.807, 2.05) is 0 Å². The SMILES string of the molecule is COc1ccc([C@H]2C(=C(O)c3ccc([N+](=O)[O-])cc3)C(=O)C(=O)N2c2cccc(C(F)(F)F)c2)cc1. The number of carbonyl (C=O) groups is 2. The van der Waals surface area contributed by atoms with Gasteiger partial charge in [0.25, 0.3) is 17.4 Å². The van der Waals surface area contributed by atoms with Crippen LogP contribution >= 0.6 is 0 Å². The Bertz CT molecular complexity index is 1380. The van der Waals surface area contributed by atoms with Crippen molar-refractivity contribution in [1.82, 2.24) is 0 Å². The highest BCUT2D eigenvalue weighted by Crippen LogP contribution is 2.43. The Morgan fingerprint density at radius 1 is 1.03 bits per heavy atom. The summed E-state index contributed by atoms with van der Waals surface area (Å²) in [5.41, 5.74) is -1.53. The van der Waals surface area contributed by atoms with Crippen molar-refractivity contribution >= 4 is 28.8 Å². The first-order chi connectivity index (χ1) is 17.0. The first-order valence-electron chi connectivity index (χ1n) is 10.4. The molecule has 0 unspecified atom stereocenters. The zero-order valence-corrected chi connectivity index (χ0v) is 18.5. The van der Waals surface area contributed by atoms with Gasteiger partial charge in [-0.2, -0.15) is 13.2 Å². The molecule has 36 heavy (non-hydrogen) atoms. The molecule has 0 aromatic heterocycles. The maximum atomic E-state index is 13.4. The molecule has 11 heteroatoms. The standard InChI is InChI=1S/C25H17F3N2O6/c1-36-19-11-7-14(8-12-19)21-20(22(31)15-5-9-17(10-6-15)30(34)35)23(32)24(33)29(21)18-4-2-3-16(13-18)25(26,27)28/h2-13,21,31H,1H3/t21-/m0/s1. The van der Waals surface area contributed by atoms with Gasteiger partial charge in [-0.1, -0.05) is 18.2 Å². The molecule has 184 valence electrons. The van der Waals surface area contributed by atoms with E-state index in [0.29, 0.717) is 11.3 Å². The molecule has 0 saturated carbocycles. The van der Waals surface area contributed by atoms with Crippen LogP contribution in [0, 0.1) is 10.1 Å². The summed E-state index contributed by atoms with van der Waals surface area (Å²) in [4.78, 5) is 37.4. The highest BCUT2D eigenvalue weighted by atomic mass is 19.4. The molecule has 1 saturated heterocycles. The second kappa shape index (κ2) is 9.17. The molecule has 0 bridgehead atoms. The number of nitrogens with zero attached hydrogens (tertiary/aromatic N) is 2. The summed E-state index contributed by atoms with van der Waals surface area (Å²) in [6, 6.07) is 13.4. The zero-order valence-electron chi connectivity index (χ0n) is 18.5. The molecule has 3 aromatic carbocycles. The minimum Gasteiger partial charge on any atom is -0.507 e. The van der Waals surface area contributed by atoms with Crippen molar-refractivity contribution in [2.75, 3.05) is 12.0 Å². The van der Waals surface area contributed by atoms with Crippen LogP contribution in [0.4, 0.5) is 24.5 Å². The van der Waals surface area contributed by atoms with Crippen LogP contribution in [0.3, 0.4) is 0 Å². The number of nitro benzene ring substituents is 1. The second-order valence-electron chi connectivity index (χ2n) is 7.79. The average Bonchev–Trinajstić information content (AvgIpc) is 3.13. The van der Waals surface area contributed by atoms with Crippen molar-refractivity contribution in [2.45, 2.75) is 12.2 Å². The van der Waals surface area contributed by atoms with Gasteiger partial charge in [-0.15, -0.1) is 0 Å². The lowest BCUT2D eigenvalue weighted by atomic mass is 9.95. The molecule has 1 heterocycles. The van der Waals surface area contributed by atoms with Crippen molar-refractivity contribution in [3.05, 3.63) is 105 Å². The Morgan fingerprint density at radius 2 is 1.67 bits per heavy atom. The van der Waals surface area contributed by atoms with Crippen LogP contribution in [0.2, 0.25) is 0 Å². The van der Waals surface area contributed by atoms with Crippen molar-refractivity contribution < 1.29 is 37.5 Å². The molecule has 1 aliphatic rings. The number of aliphatic hydroxyl groups is 1. The van der Waals surface area contributed by atoms with Crippen LogP contribution in [-0.4, -0.2) is 28.8 Å². The number of halogens is 3. The summed E-state index contributed by atoms with van der Waals surface area (Å²) < 4.78 is 45.2. The van der Waals surface area contributed by atoms with Gasteiger partial charge in [0, 0.05) is 23.4 Å².